The quantitative estimate of drug-likeness (QED) is 0.276. The van der Waals surface area contributed by atoms with Gasteiger partial charge in [-0.1, -0.05) is 66.7 Å². The van der Waals surface area contributed by atoms with E-state index in [1.165, 1.54) is 43.8 Å². The molecule has 0 unspecified atom stereocenters. The number of hydrogen-bond donors (Lipinski definition) is 0. The van der Waals surface area contributed by atoms with Gasteiger partial charge in [0.05, 0.1) is 0 Å². The van der Waals surface area contributed by atoms with Crippen LogP contribution in [0.15, 0.2) is 127 Å². The molecule has 0 fully saturated rings. The van der Waals surface area contributed by atoms with E-state index < -0.39 is 0 Å². The Morgan fingerprint density at radius 3 is 1.24 bits per heavy atom. The molecule has 154 valence electrons. The van der Waals surface area contributed by atoms with E-state index in [2.05, 4.69) is 132 Å². The van der Waals surface area contributed by atoms with E-state index in [4.69, 9.17) is 0 Å². The van der Waals surface area contributed by atoms with Crippen molar-refractivity contribution in [1.82, 2.24) is 0 Å². The zero-order chi connectivity index (χ0) is 21.8. The highest BCUT2D eigenvalue weighted by Gasteiger charge is 2.24. The molecule has 1 heteroatoms. The maximum atomic E-state index is 2.36. The van der Waals surface area contributed by atoms with Gasteiger partial charge in [-0.15, -0.1) is 0 Å². The SMILES string of the molecule is c1ccc(N(c2ccccc2)c2ccc3cc4c(cc3c2)-c2cc3ccccc3cc2-4)cc1. The lowest BCUT2D eigenvalue weighted by molar-refractivity contribution is 1.29. The van der Waals surface area contributed by atoms with Crippen molar-refractivity contribution in [3.8, 4) is 22.3 Å². The van der Waals surface area contributed by atoms with Crippen molar-refractivity contribution in [2.45, 2.75) is 0 Å². The van der Waals surface area contributed by atoms with Gasteiger partial charge in [-0.2, -0.15) is 0 Å². The topological polar surface area (TPSA) is 3.24 Å². The fourth-order valence-electron chi connectivity index (χ4n) is 5.09. The van der Waals surface area contributed by atoms with Crippen molar-refractivity contribution in [2.75, 3.05) is 4.90 Å². The molecule has 0 saturated heterocycles. The lowest BCUT2D eigenvalue weighted by Crippen LogP contribution is -2.09. The molecule has 1 nitrogen and oxygen atoms in total. The van der Waals surface area contributed by atoms with Crippen LogP contribution in [-0.4, -0.2) is 0 Å². The molecule has 0 spiro atoms. The maximum Gasteiger partial charge on any atom is 0.0468 e. The lowest BCUT2D eigenvalue weighted by atomic mass is 9.78. The first-order valence-electron chi connectivity index (χ1n) is 11.4. The molecule has 0 heterocycles. The Morgan fingerprint density at radius 1 is 0.303 bits per heavy atom. The second-order valence-electron chi connectivity index (χ2n) is 8.68. The number of nitrogens with zero attached hydrogens (tertiary/aromatic N) is 1. The lowest BCUT2D eigenvalue weighted by Gasteiger charge is -2.27. The minimum Gasteiger partial charge on any atom is -0.310 e. The van der Waals surface area contributed by atoms with Crippen LogP contribution in [-0.2, 0) is 0 Å². The number of para-hydroxylation sites is 2. The molecule has 0 bridgehead atoms. The highest BCUT2D eigenvalue weighted by Crippen LogP contribution is 2.50. The number of benzene rings is 6. The Hall–Kier alpha value is -4.36. The number of hydrogen-bond acceptors (Lipinski definition) is 1. The smallest absolute Gasteiger partial charge is 0.0468 e. The van der Waals surface area contributed by atoms with E-state index in [0.29, 0.717) is 0 Å². The largest absolute Gasteiger partial charge is 0.310 e. The predicted octanol–water partition coefficient (Wildman–Crippen LogP) is 9.11. The van der Waals surface area contributed by atoms with E-state index in [1.807, 2.05) is 0 Å². The second-order valence-corrected chi connectivity index (χ2v) is 8.68. The zero-order valence-electron chi connectivity index (χ0n) is 18.1. The summed E-state index contributed by atoms with van der Waals surface area (Å²) >= 11 is 0. The first kappa shape index (κ1) is 18.2. The molecule has 0 aliphatic heterocycles. The van der Waals surface area contributed by atoms with Gasteiger partial charge in [0.15, 0.2) is 0 Å². The molecular weight excluding hydrogens is 398 g/mol. The van der Waals surface area contributed by atoms with Crippen molar-refractivity contribution in [1.29, 1.82) is 0 Å². The molecule has 1 aliphatic carbocycles. The summed E-state index contributed by atoms with van der Waals surface area (Å²) in [5.41, 5.74) is 8.92. The van der Waals surface area contributed by atoms with Crippen LogP contribution < -0.4 is 4.90 Å². The molecule has 0 atom stereocenters. The van der Waals surface area contributed by atoms with Crippen LogP contribution in [0.5, 0.6) is 0 Å². The molecule has 7 rings (SSSR count). The molecule has 0 amide bonds. The Labute approximate surface area is 193 Å². The first-order chi connectivity index (χ1) is 16.3. The summed E-state index contributed by atoms with van der Waals surface area (Å²) in [6.07, 6.45) is 0. The number of rotatable bonds is 3. The van der Waals surface area contributed by atoms with E-state index in [9.17, 15) is 0 Å². The van der Waals surface area contributed by atoms with E-state index in [-0.39, 0.29) is 0 Å². The molecule has 0 N–H and O–H groups in total. The van der Waals surface area contributed by atoms with E-state index in [1.54, 1.807) is 0 Å². The third kappa shape index (κ3) is 2.86. The van der Waals surface area contributed by atoms with Gasteiger partial charge < -0.3 is 4.90 Å². The van der Waals surface area contributed by atoms with Gasteiger partial charge in [0.1, 0.15) is 0 Å². The summed E-state index contributed by atoms with van der Waals surface area (Å²) in [5, 5.41) is 5.15. The number of fused-ring (bicyclic) bond motifs is 6. The predicted molar refractivity (Wildman–Crippen MR) is 141 cm³/mol. The van der Waals surface area contributed by atoms with Crippen LogP contribution >= 0.6 is 0 Å². The summed E-state index contributed by atoms with van der Waals surface area (Å²) in [6, 6.07) is 46.0. The van der Waals surface area contributed by atoms with E-state index >= 15 is 0 Å². The Kier molecular flexibility index (Phi) is 3.91. The van der Waals surface area contributed by atoms with Gasteiger partial charge in [-0.3, -0.25) is 0 Å². The molecule has 0 aromatic heterocycles. The Bertz CT molecular complexity index is 1610. The van der Waals surface area contributed by atoms with Crippen molar-refractivity contribution >= 4 is 38.6 Å². The fraction of sp³-hybridized carbons (Fsp3) is 0. The third-order valence-electron chi connectivity index (χ3n) is 6.71. The van der Waals surface area contributed by atoms with Crippen LogP contribution in [0.2, 0.25) is 0 Å². The second kappa shape index (κ2) is 7.08. The molecule has 0 saturated carbocycles. The van der Waals surface area contributed by atoms with Gasteiger partial charge in [-0.25, -0.2) is 0 Å². The van der Waals surface area contributed by atoms with Gasteiger partial charge in [-0.05, 0) is 104 Å². The summed E-state index contributed by atoms with van der Waals surface area (Å²) in [4.78, 5) is 2.32. The van der Waals surface area contributed by atoms with Crippen molar-refractivity contribution in [3.63, 3.8) is 0 Å². The van der Waals surface area contributed by atoms with E-state index in [0.717, 1.165) is 17.1 Å². The summed E-state index contributed by atoms with van der Waals surface area (Å²) in [7, 11) is 0. The highest BCUT2D eigenvalue weighted by atomic mass is 15.1. The van der Waals surface area contributed by atoms with Crippen LogP contribution in [0.3, 0.4) is 0 Å². The summed E-state index contributed by atoms with van der Waals surface area (Å²) in [6.45, 7) is 0. The van der Waals surface area contributed by atoms with Crippen LogP contribution in [0.1, 0.15) is 0 Å². The van der Waals surface area contributed by atoms with Crippen LogP contribution in [0.4, 0.5) is 17.1 Å². The highest BCUT2D eigenvalue weighted by molar-refractivity contribution is 6.12. The normalized spacial score (nSPS) is 11.6. The molecule has 6 aromatic carbocycles. The summed E-state index contributed by atoms with van der Waals surface area (Å²) in [5.74, 6) is 0. The fourth-order valence-corrected chi connectivity index (χ4v) is 5.09. The number of anilines is 3. The van der Waals surface area contributed by atoms with Crippen molar-refractivity contribution < 1.29 is 0 Å². The molecule has 33 heavy (non-hydrogen) atoms. The van der Waals surface area contributed by atoms with Gasteiger partial charge >= 0.3 is 0 Å². The minimum atomic E-state index is 1.16. The summed E-state index contributed by atoms with van der Waals surface area (Å²) < 4.78 is 0. The van der Waals surface area contributed by atoms with Gasteiger partial charge in [0.2, 0.25) is 0 Å². The standard InChI is InChI=1S/C32H21N/c1-3-11-26(12-4-1)33(27-13-5-2-6-14-27)28-16-15-24-20-31-29-18-22-9-7-8-10-23(22)19-30(29)32(31)21-25(24)17-28/h1-21H. The first-order valence-corrected chi connectivity index (χ1v) is 11.4. The maximum absolute atomic E-state index is 2.36. The molecular formula is C32H21N. The third-order valence-corrected chi connectivity index (χ3v) is 6.71. The van der Waals surface area contributed by atoms with Gasteiger partial charge in [0.25, 0.3) is 0 Å². The minimum absolute atomic E-state index is 1.16. The monoisotopic (exact) mass is 419 g/mol. The zero-order valence-corrected chi connectivity index (χ0v) is 18.1. The van der Waals surface area contributed by atoms with Crippen molar-refractivity contribution in [3.05, 3.63) is 127 Å². The Morgan fingerprint density at radius 2 is 0.727 bits per heavy atom. The van der Waals surface area contributed by atoms with Crippen LogP contribution in [0.25, 0.3) is 43.8 Å². The van der Waals surface area contributed by atoms with Crippen LogP contribution in [0, 0.1) is 0 Å². The Balaban J connectivity index is 1.38. The average Bonchev–Trinajstić information content (AvgIpc) is 2.88. The molecule has 1 aliphatic rings. The van der Waals surface area contributed by atoms with Gasteiger partial charge in [0, 0.05) is 17.1 Å². The molecule has 6 aromatic rings. The average molecular weight is 420 g/mol. The van der Waals surface area contributed by atoms with Crippen molar-refractivity contribution in [2.24, 2.45) is 0 Å². The molecule has 0 radical (unpaired) electrons.